The highest BCUT2D eigenvalue weighted by atomic mass is 127. The molecule has 144 valence electrons. The van der Waals surface area contributed by atoms with Gasteiger partial charge in [0.2, 0.25) is 5.91 Å². The number of benzene rings is 2. The minimum absolute atomic E-state index is 0. The number of amides is 1. The zero-order chi connectivity index (χ0) is 18.5. The fourth-order valence-corrected chi connectivity index (χ4v) is 2.90. The molecule has 1 saturated heterocycles. The number of rotatable bonds is 4. The van der Waals surface area contributed by atoms with E-state index in [-0.39, 0.29) is 41.7 Å². The summed E-state index contributed by atoms with van der Waals surface area (Å²) >= 11 is 0. The number of hydrogen-bond acceptors (Lipinski definition) is 3. The lowest BCUT2D eigenvalue weighted by atomic mass is 10.2. The Hall–Kier alpha value is -2.36. The SMILES string of the molecule is CN=C(NCc1ccc(O)c(F)c1)NC1CC(=O)N(c2ccccc2)C1.I. The van der Waals surface area contributed by atoms with Gasteiger partial charge in [-0.25, -0.2) is 4.39 Å². The number of nitrogens with zero attached hydrogens (tertiary/aromatic N) is 2. The minimum atomic E-state index is -0.660. The molecule has 1 fully saturated rings. The summed E-state index contributed by atoms with van der Waals surface area (Å²) in [6.45, 7) is 0.900. The Kier molecular flexibility index (Phi) is 7.40. The Morgan fingerprint density at radius 3 is 2.70 bits per heavy atom. The molecule has 1 aliphatic heterocycles. The zero-order valence-corrected chi connectivity index (χ0v) is 17.2. The predicted molar refractivity (Wildman–Crippen MR) is 114 cm³/mol. The van der Waals surface area contributed by atoms with E-state index in [2.05, 4.69) is 15.6 Å². The predicted octanol–water partition coefficient (Wildman–Crippen LogP) is 2.62. The molecule has 3 N–H and O–H groups in total. The monoisotopic (exact) mass is 484 g/mol. The van der Waals surface area contributed by atoms with E-state index in [0.29, 0.717) is 31.0 Å². The van der Waals surface area contributed by atoms with Crippen LogP contribution in [-0.4, -0.2) is 36.6 Å². The van der Waals surface area contributed by atoms with Gasteiger partial charge in [-0.2, -0.15) is 0 Å². The second kappa shape index (κ2) is 9.54. The Morgan fingerprint density at radius 1 is 1.30 bits per heavy atom. The highest BCUT2D eigenvalue weighted by Crippen LogP contribution is 2.21. The van der Waals surface area contributed by atoms with E-state index in [9.17, 15) is 14.3 Å². The second-order valence-electron chi connectivity index (χ2n) is 6.10. The van der Waals surface area contributed by atoms with E-state index in [1.165, 1.54) is 12.1 Å². The normalized spacial score (nSPS) is 16.8. The van der Waals surface area contributed by atoms with Crippen LogP contribution < -0.4 is 15.5 Å². The van der Waals surface area contributed by atoms with Gasteiger partial charge in [0.1, 0.15) is 0 Å². The minimum Gasteiger partial charge on any atom is -0.505 e. The molecule has 0 radical (unpaired) electrons. The number of phenolic OH excluding ortho intramolecular Hbond substituents is 1. The molecule has 1 aliphatic rings. The van der Waals surface area contributed by atoms with Crippen molar-refractivity contribution in [1.29, 1.82) is 0 Å². The molecule has 1 unspecified atom stereocenters. The Morgan fingerprint density at radius 2 is 2.04 bits per heavy atom. The summed E-state index contributed by atoms with van der Waals surface area (Å²) in [5.74, 6) is -0.440. The van der Waals surface area contributed by atoms with E-state index in [0.717, 1.165) is 5.69 Å². The molecule has 0 spiro atoms. The molecular formula is C19H22FIN4O2. The van der Waals surface area contributed by atoms with Crippen molar-refractivity contribution < 1.29 is 14.3 Å². The van der Waals surface area contributed by atoms with Crippen molar-refractivity contribution >= 4 is 41.5 Å². The first kappa shape index (κ1) is 20.9. The van der Waals surface area contributed by atoms with Gasteiger partial charge < -0.3 is 20.6 Å². The number of carbonyl (C=O) groups is 1. The first-order chi connectivity index (χ1) is 12.6. The third-order valence-electron chi connectivity index (χ3n) is 4.23. The summed E-state index contributed by atoms with van der Waals surface area (Å²) in [5, 5.41) is 15.5. The highest BCUT2D eigenvalue weighted by Gasteiger charge is 2.30. The van der Waals surface area contributed by atoms with E-state index < -0.39 is 5.82 Å². The summed E-state index contributed by atoms with van der Waals surface area (Å²) in [6.07, 6.45) is 0.378. The third kappa shape index (κ3) is 5.31. The van der Waals surface area contributed by atoms with Crippen LogP contribution >= 0.6 is 24.0 Å². The number of guanidine groups is 1. The van der Waals surface area contributed by atoms with Crippen LogP contribution in [-0.2, 0) is 11.3 Å². The van der Waals surface area contributed by atoms with Crippen LogP contribution in [0.15, 0.2) is 53.5 Å². The number of nitrogens with one attached hydrogen (secondary N) is 2. The molecular weight excluding hydrogens is 462 g/mol. The molecule has 1 amide bonds. The number of carbonyl (C=O) groups excluding carboxylic acids is 1. The average Bonchev–Trinajstić information content (AvgIpc) is 3.02. The molecule has 0 aromatic heterocycles. The molecule has 2 aromatic rings. The maximum absolute atomic E-state index is 13.4. The summed E-state index contributed by atoms with van der Waals surface area (Å²) < 4.78 is 13.4. The Balaban J connectivity index is 0.00000261. The molecule has 0 saturated carbocycles. The summed E-state index contributed by atoms with van der Waals surface area (Å²) in [4.78, 5) is 18.2. The lowest BCUT2D eigenvalue weighted by Gasteiger charge is -2.19. The van der Waals surface area contributed by atoms with Crippen molar-refractivity contribution in [3.8, 4) is 5.75 Å². The van der Waals surface area contributed by atoms with Crippen molar-refractivity contribution in [1.82, 2.24) is 10.6 Å². The van der Waals surface area contributed by atoms with Gasteiger partial charge in [-0.15, -0.1) is 24.0 Å². The van der Waals surface area contributed by atoms with Crippen LogP contribution in [0.3, 0.4) is 0 Å². The summed E-state index contributed by atoms with van der Waals surface area (Å²) in [5.41, 5.74) is 1.56. The number of phenols is 1. The maximum atomic E-state index is 13.4. The van der Waals surface area contributed by atoms with Gasteiger partial charge in [-0.3, -0.25) is 9.79 Å². The van der Waals surface area contributed by atoms with E-state index in [1.54, 1.807) is 18.0 Å². The highest BCUT2D eigenvalue weighted by molar-refractivity contribution is 14.0. The number of aliphatic imine (C=N–C) groups is 1. The topological polar surface area (TPSA) is 77.0 Å². The molecule has 27 heavy (non-hydrogen) atoms. The maximum Gasteiger partial charge on any atom is 0.229 e. The lowest BCUT2D eigenvalue weighted by molar-refractivity contribution is -0.117. The zero-order valence-electron chi connectivity index (χ0n) is 14.9. The summed E-state index contributed by atoms with van der Waals surface area (Å²) in [7, 11) is 1.64. The van der Waals surface area contributed by atoms with Crippen LogP contribution in [0.5, 0.6) is 5.75 Å². The second-order valence-corrected chi connectivity index (χ2v) is 6.10. The number of aromatic hydroxyl groups is 1. The van der Waals surface area contributed by atoms with Gasteiger partial charge >= 0.3 is 0 Å². The van der Waals surface area contributed by atoms with Crippen LogP contribution in [0.1, 0.15) is 12.0 Å². The number of hydrogen-bond donors (Lipinski definition) is 3. The largest absolute Gasteiger partial charge is 0.505 e. The van der Waals surface area contributed by atoms with Crippen molar-refractivity contribution in [2.45, 2.75) is 19.0 Å². The van der Waals surface area contributed by atoms with Crippen molar-refractivity contribution in [2.24, 2.45) is 4.99 Å². The fraction of sp³-hybridized carbons (Fsp3) is 0.263. The molecule has 0 aliphatic carbocycles. The van der Waals surface area contributed by atoms with Crippen LogP contribution in [0.25, 0.3) is 0 Å². The van der Waals surface area contributed by atoms with Gasteiger partial charge in [0, 0.05) is 32.2 Å². The van der Waals surface area contributed by atoms with E-state index >= 15 is 0 Å². The van der Waals surface area contributed by atoms with Gasteiger partial charge in [0.15, 0.2) is 17.5 Å². The van der Waals surface area contributed by atoms with Gasteiger partial charge in [0.05, 0.1) is 6.04 Å². The lowest BCUT2D eigenvalue weighted by Crippen LogP contribution is -2.44. The van der Waals surface area contributed by atoms with Gasteiger partial charge in [-0.05, 0) is 29.8 Å². The molecule has 2 aromatic carbocycles. The number of anilines is 1. The Bertz CT molecular complexity index is 817. The molecule has 6 nitrogen and oxygen atoms in total. The first-order valence-electron chi connectivity index (χ1n) is 8.37. The van der Waals surface area contributed by atoms with Crippen molar-refractivity contribution in [3.05, 3.63) is 59.9 Å². The number of halogens is 2. The Labute approximate surface area is 174 Å². The number of para-hydroxylation sites is 1. The molecule has 1 atom stereocenters. The van der Waals surface area contributed by atoms with Crippen LogP contribution in [0.2, 0.25) is 0 Å². The third-order valence-corrected chi connectivity index (χ3v) is 4.23. The molecule has 3 rings (SSSR count). The van der Waals surface area contributed by atoms with E-state index in [1.807, 2.05) is 30.3 Å². The standard InChI is InChI=1S/C19H21FN4O2.HI/c1-21-19(22-11-13-7-8-17(25)16(20)9-13)23-14-10-18(26)24(12-14)15-5-3-2-4-6-15;/h2-9,14,25H,10-12H2,1H3,(H2,21,22,23);1H. The molecule has 8 heteroatoms. The quantitative estimate of drug-likeness (QED) is 0.355. The van der Waals surface area contributed by atoms with Crippen molar-refractivity contribution in [2.75, 3.05) is 18.5 Å². The van der Waals surface area contributed by atoms with Crippen LogP contribution in [0, 0.1) is 5.82 Å². The fourth-order valence-electron chi connectivity index (χ4n) is 2.90. The van der Waals surface area contributed by atoms with Gasteiger partial charge in [-0.1, -0.05) is 24.3 Å². The van der Waals surface area contributed by atoms with Crippen molar-refractivity contribution in [3.63, 3.8) is 0 Å². The molecule has 0 bridgehead atoms. The summed E-state index contributed by atoms with van der Waals surface area (Å²) in [6, 6.07) is 13.7. The van der Waals surface area contributed by atoms with Crippen LogP contribution in [0.4, 0.5) is 10.1 Å². The smallest absolute Gasteiger partial charge is 0.229 e. The van der Waals surface area contributed by atoms with E-state index in [4.69, 9.17) is 0 Å². The average molecular weight is 484 g/mol. The molecule has 1 heterocycles. The van der Waals surface area contributed by atoms with Gasteiger partial charge in [0.25, 0.3) is 0 Å². The first-order valence-corrected chi connectivity index (χ1v) is 8.37.